The molecule has 0 aliphatic heterocycles. The smallest absolute Gasteiger partial charge is 0.326 e. The first-order valence-corrected chi connectivity index (χ1v) is 8.04. The summed E-state index contributed by atoms with van der Waals surface area (Å²) in [6.07, 6.45) is 1.88. The van der Waals surface area contributed by atoms with E-state index in [4.69, 9.17) is 4.74 Å². The Morgan fingerprint density at radius 3 is 2.33 bits per heavy atom. The number of ether oxygens (including phenoxy) is 1. The summed E-state index contributed by atoms with van der Waals surface area (Å²) in [5.41, 5.74) is -0.611. The molecule has 0 bridgehead atoms. The normalized spacial score (nSPS) is 16.0. The molecule has 0 aromatic carbocycles. The summed E-state index contributed by atoms with van der Waals surface area (Å²) in [6.45, 7) is 11.3. The number of carbonyl (C=O) groups is 1. The minimum Gasteiger partial charge on any atom is -0.465 e. The van der Waals surface area contributed by atoms with Crippen LogP contribution in [-0.4, -0.2) is 74.7 Å². The van der Waals surface area contributed by atoms with Crippen molar-refractivity contribution in [2.24, 2.45) is 0 Å². The van der Waals surface area contributed by atoms with E-state index in [2.05, 4.69) is 43.2 Å². The van der Waals surface area contributed by atoms with Crippen LogP contribution in [0.25, 0.3) is 0 Å². The summed E-state index contributed by atoms with van der Waals surface area (Å²) in [5.74, 6) is -0.152. The Morgan fingerprint density at radius 1 is 1.24 bits per heavy atom. The Kier molecular flexibility index (Phi) is 9.83. The Balaban J connectivity index is 4.51. The van der Waals surface area contributed by atoms with Crippen molar-refractivity contribution in [2.45, 2.75) is 52.1 Å². The highest BCUT2D eigenvalue weighted by molar-refractivity contribution is 5.80. The van der Waals surface area contributed by atoms with Gasteiger partial charge in [0.2, 0.25) is 0 Å². The van der Waals surface area contributed by atoms with Crippen molar-refractivity contribution >= 4 is 5.97 Å². The minimum atomic E-state index is -0.611. The maximum absolute atomic E-state index is 12.2. The number of likely N-dealkylation sites (N-methyl/N-ethyl adjacent to an activating group) is 1. The van der Waals surface area contributed by atoms with Crippen LogP contribution in [0.3, 0.4) is 0 Å². The topological polar surface area (TPSA) is 44.8 Å². The van der Waals surface area contributed by atoms with Crippen LogP contribution in [0, 0.1) is 0 Å². The Hall–Kier alpha value is -0.650. The maximum Gasteiger partial charge on any atom is 0.326 e. The van der Waals surface area contributed by atoms with Gasteiger partial charge in [0, 0.05) is 6.04 Å². The molecule has 0 saturated heterocycles. The third kappa shape index (κ3) is 7.79. The lowest BCUT2D eigenvalue weighted by Gasteiger charge is -2.34. The van der Waals surface area contributed by atoms with Gasteiger partial charge in [0.15, 0.2) is 0 Å². The monoisotopic (exact) mass is 301 g/mol. The molecule has 0 aromatic rings. The van der Waals surface area contributed by atoms with Gasteiger partial charge in [-0.25, -0.2) is 0 Å². The lowest BCUT2D eigenvalue weighted by Crippen LogP contribution is -2.54. The molecule has 2 unspecified atom stereocenters. The Labute approximate surface area is 131 Å². The second kappa shape index (κ2) is 10.1. The van der Waals surface area contributed by atoms with E-state index in [1.54, 1.807) is 0 Å². The van der Waals surface area contributed by atoms with Crippen LogP contribution in [0.4, 0.5) is 0 Å². The van der Waals surface area contributed by atoms with Gasteiger partial charge in [-0.05, 0) is 74.4 Å². The zero-order chi connectivity index (χ0) is 16.5. The van der Waals surface area contributed by atoms with Gasteiger partial charge >= 0.3 is 5.97 Å². The van der Waals surface area contributed by atoms with Crippen LogP contribution in [-0.2, 0) is 9.53 Å². The SMILES string of the molecule is CCNC(C)(CC(C)N(C)CCCN(C)C)C(=O)OCC. The van der Waals surface area contributed by atoms with E-state index < -0.39 is 5.54 Å². The first kappa shape index (κ1) is 20.3. The lowest BCUT2D eigenvalue weighted by atomic mass is 9.92. The summed E-state index contributed by atoms with van der Waals surface area (Å²) < 4.78 is 5.23. The van der Waals surface area contributed by atoms with Crippen molar-refractivity contribution in [1.29, 1.82) is 0 Å². The molecular weight excluding hydrogens is 266 g/mol. The van der Waals surface area contributed by atoms with Crippen molar-refractivity contribution in [1.82, 2.24) is 15.1 Å². The molecule has 126 valence electrons. The Bertz CT molecular complexity index is 297. The van der Waals surface area contributed by atoms with Crippen molar-refractivity contribution in [3.05, 3.63) is 0 Å². The molecule has 0 aliphatic rings. The van der Waals surface area contributed by atoms with E-state index in [1.807, 2.05) is 20.8 Å². The molecule has 0 amide bonds. The lowest BCUT2D eigenvalue weighted by molar-refractivity contribution is -0.151. The number of nitrogens with zero attached hydrogens (tertiary/aromatic N) is 2. The third-order valence-corrected chi connectivity index (χ3v) is 3.87. The molecule has 0 spiro atoms. The van der Waals surface area contributed by atoms with Crippen molar-refractivity contribution < 1.29 is 9.53 Å². The molecular formula is C16H35N3O2. The molecule has 1 N–H and O–H groups in total. The summed E-state index contributed by atoms with van der Waals surface area (Å²) in [6, 6.07) is 0.320. The zero-order valence-corrected chi connectivity index (χ0v) is 15.0. The molecule has 5 heteroatoms. The van der Waals surface area contributed by atoms with Crippen molar-refractivity contribution in [3.8, 4) is 0 Å². The standard InChI is InChI=1S/C16H35N3O2/c1-8-17-16(4,15(20)21-9-2)13-14(3)19(7)12-10-11-18(5)6/h14,17H,8-13H2,1-7H3. The molecule has 21 heavy (non-hydrogen) atoms. The number of carbonyl (C=O) groups excluding carboxylic acids is 1. The van der Waals surface area contributed by atoms with E-state index in [-0.39, 0.29) is 5.97 Å². The van der Waals surface area contributed by atoms with Gasteiger partial charge in [0.05, 0.1) is 6.61 Å². The summed E-state index contributed by atoms with van der Waals surface area (Å²) in [7, 11) is 6.30. The summed E-state index contributed by atoms with van der Waals surface area (Å²) in [5, 5.41) is 3.29. The highest BCUT2D eigenvalue weighted by atomic mass is 16.5. The van der Waals surface area contributed by atoms with Crippen LogP contribution in [0.2, 0.25) is 0 Å². The number of nitrogens with one attached hydrogen (secondary N) is 1. The van der Waals surface area contributed by atoms with Gasteiger partial charge in [-0.3, -0.25) is 4.79 Å². The predicted octanol–water partition coefficient (Wildman–Crippen LogP) is 1.58. The third-order valence-electron chi connectivity index (χ3n) is 3.87. The van der Waals surface area contributed by atoms with Gasteiger partial charge < -0.3 is 19.9 Å². The highest BCUT2D eigenvalue weighted by Gasteiger charge is 2.36. The average molecular weight is 301 g/mol. The fraction of sp³-hybridized carbons (Fsp3) is 0.938. The van der Waals surface area contributed by atoms with E-state index in [0.717, 1.165) is 32.5 Å². The fourth-order valence-corrected chi connectivity index (χ4v) is 2.51. The van der Waals surface area contributed by atoms with Gasteiger partial charge in [-0.2, -0.15) is 0 Å². The van der Waals surface area contributed by atoms with Crippen LogP contribution >= 0.6 is 0 Å². The first-order chi connectivity index (χ1) is 9.76. The van der Waals surface area contributed by atoms with Crippen molar-refractivity contribution in [2.75, 3.05) is 47.4 Å². The second-order valence-electron chi connectivity index (χ2n) is 6.27. The van der Waals surface area contributed by atoms with Crippen LogP contribution in [0.1, 0.15) is 40.5 Å². The average Bonchev–Trinajstić information content (AvgIpc) is 2.38. The molecule has 0 fully saturated rings. The largest absolute Gasteiger partial charge is 0.465 e. The molecule has 0 saturated carbocycles. The molecule has 0 aromatic heterocycles. The van der Waals surface area contributed by atoms with Gasteiger partial charge in [-0.1, -0.05) is 6.92 Å². The Morgan fingerprint density at radius 2 is 1.86 bits per heavy atom. The summed E-state index contributed by atoms with van der Waals surface area (Å²) >= 11 is 0. The van der Waals surface area contributed by atoms with Gasteiger partial charge in [0.25, 0.3) is 0 Å². The predicted molar refractivity (Wildman–Crippen MR) is 88.6 cm³/mol. The first-order valence-electron chi connectivity index (χ1n) is 8.04. The van der Waals surface area contributed by atoms with E-state index in [9.17, 15) is 4.79 Å². The zero-order valence-electron chi connectivity index (χ0n) is 15.0. The number of esters is 1. The fourth-order valence-electron chi connectivity index (χ4n) is 2.51. The van der Waals surface area contributed by atoms with E-state index >= 15 is 0 Å². The highest BCUT2D eigenvalue weighted by Crippen LogP contribution is 2.18. The summed E-state index contributed by atoms with van der Waals surface area (Å²) in [4.78, 5) is 16.7. The van der Waals surface area contributed by atoms with Gasteiger partial charge in [0.1, 0.15) is 5.54 Å². The maximum atomic E-state index is 12.2. The molecule has 0 radical (unpaired) electrons. The molecule has 0 aliphatic carbocycles. The van der Waals surface area contributed by atoms with E-state index in [0.29, 0.717) is 12.6 Å². The van der Waals surface area contributed by atoms with Crippen molar-refractivity contribution in [3.63, 3.8) is 0 Å². The molecule has 5 nitrogen and oxygen atoms in total. The van der Waals surface area contributed by atoms with Gasteiger partial charge in [-0.15, -0.1) is 0 Å². The van der Waals surface area contributed by atoms with Crippen LogP contribution < -0.4 is 5.32 Å². The molecule has 2 atom stereocenters. The quantitative estimate of drug-likeness (QED) is 0.587. The van der Waals surface area contributed by atoms with E-state index in [1.165, 1.54) is 0 Å². The minimum absolute atomic E-state index is 0.152. The number of rotatable bonds is 11. The number of hydrogen-bond acceptors (Lipinski definition) is 5. The molecule has 0 heterocycles. The van der Waals surface area contributed by atoms with Crippen LogP contribution in [0.15, 0.2) is 0 Å². The molecule has 0 rings (SSSR count). The number of hydrogen-bond donors (Lipinski definition) is 1. The second-order valence-corrected chi connectivity index (χ2v) is 6.27. The van der Waals surface area contributed by atoms with Crippen LogP contribution in [0.5, 0.6) is 0 Å².